The van der Waals surface area contributed by atoms with Gasteiger partial charge in [0.2, 0.25) is 0 Å². The van der Waals surface area contributed by atoms with Gasteiger partial charge < -0.3 is 10.1 Å². The van der Waals surface area contributed by atoms with Crippen molar-refractivity contribution in [3.63, 3.8) is 0 Å². The van der Waals surface area contributed by atoms with Gasteiger partial charge in [0, 0.05) is 25.5 Å². The van der Waals surface area contributed by atoms with Crippen LogP contribution < -0.4 is 10.9 Å². The monoisotopic (exact) mass is 467 g/mol. The normalized spacial score (nSPS) is 11.2. The minimum Gasteiger partial charge on any atom is -0.465 e. The summed E-state index contributed by atoms with van der Waals surface area (Å²) in [5, 5.41) is 3.98. The van der Waals surface area contributed by atoms with Gasteiger partial charge in [-0.15, -0.1) is 0 Å². The third-order valence-corrected chi connectivity index (χ3v) is 6.12. The van der Waals surface area contributed by atoms with Gasteiger partial charge in [-0.05, 0) is 54.8 Å². The zero-order valence-corrected chi connectivity index (χ0v) is 19.8. The molecule has 0 unspecified atom stereocenters. The Labute approximate surface area is 201 Å². The Hall–Kier alpha value is -4.46. The molecule has 0 bridgehead atoms. The summed E-state index contributed by atoms with van der Waals surface area (Å²) in [5.41, 5.74) is 6.00. The maximum Gasteiger partial charge on any atom is 0.339 e. The zero-order valence-electron chi connectivity index (χ0n) is 19.8. The number of rotatable bonds is 6. The first-order valence-corrected chi connectivity index (χ1v) is 11.3. The van der Waals surface area contributed by atoms with Crippen molar-refractivity contribution in [3.8, 4) is 11.4 Å². The topological polar surface area (TPSA) is 90.5 Å². The van der Waals surface area contributed by atoms with E-state index in [2.05, 4.69) is 21.4 Å². The van der Waals surface area contributed by atoms with Gasteiger partial charge in [0.15, 0.2) is 0 Å². The molecule has 176 valence electrons. The Kier molecular flexibility index (Phi) is 5.78. The average molecular weight is 468 g/mol. The largest absolute Gasteiger partial charge is 0.465 e. The van der Waals surface area contributed by atoms with E-state index in [1.807, 2.05) is 47.7 Å². The zero-order chi connectivity index (χ0) is 24.5. The molecular weight excluding hydrogens is 442 g/mol. The lowest BCUT2D eigenvalue weighted by atomic mass is 10.0. The fourth-order valence-corrected chi connectivity index (χ4v) is 4.54. The molecule has 0 aliphatic carbocycles. The molecule has 8 heteroatoms. The molecule has 2 aromatic carbocycles. The number of methoxy groups -OCH3 is 1. The maximum atomic E-state index is 13.4. The van der Waals surface area contributed by atoms with Crippen molar-refractivity contribution in [2.75, 3.05) is 19.0 Å². The van der Waals surface area contributed by atoms with Gasteiger partial charge in [-0.1, -0.05) is 24.3 Å². The van der Waals surface area contributed by atoms with Gasteiger partial charge in [0.05, 0.1) is 29.3 Å². The van der Waals surface area contributed by atoms with Crippen LogP contribution in [0.25, 0.3) is 27.9 Å². The minimum atomic E-state index is -0.389. The van der Waals surface area contributed by atoms with E-state index in [1.165, 1.54) is 7.11 Å². The number of ether oxygens (including phenoxy) is 1. The van der Waals surface area contributed by atoms with E-state index in [-0.39, 0.29) is 11.5 Å². The number of nitrogens with one attached hydrogen (secondary N) is 1. The number of aryl methyl sites for hydroxylation is 2. The molecular formula is C27H25N5O3. The number of fused-ring (bicyclic) bond motifs is 3. The standard InChI is InChI=1S/C27H25N5O3/c1-17-14-18(11-13-29-21-9-5-4-8-19(21)27(34)35-3)24-20(15-17)26(33)31(2)25-23(30-16-32(24)25)22-10-6-7-12-28-22/h4-10,12,14-16,29H,11,13H2,1-3H3. The Bertz CT molecular complexity index is 1620. The number of carbonyl (C=O) groups excluding carboxylic acids is 1. The summed E-state index contributed by atoms with van der Waals surface area (Å²) >= 11 is 0. The van der Waals surface area contributed by atoms with Crippen molar-refractivity contribution in [2.24, 2.45) is 7.05 Å². The van der Waals surface area contributed by atoms with Gasteiger partial charge in [-0.2, -0.15) is 0 Å². The van der Waals surface area contributed by atoms with Crippen LogP contribution in [0.2, 0.25) is 0 Å². The molecule has 3 aromatic heterocycles. The Morgan fingerprint density at radius 2 is 1.89 bits per heavy atom. The molecule has 0 radical (unpaired) electrons. The van der Waals surface area contributed by atoms with E-state index < -0.39 is 0 Å². The molecule has 0 saturated carbocycles. The summed E-state index contributed by atoms with van der Waals surface area (Å²) in [4.78, 5) is 34.6. The molecule has 5 aromatic rings. The molecule has 1 N–H and O–H groups in total. The molecule has 35 heavy (non-hydrogen) atoms. The number of nitrogens with zero attached hydrogens (tertiary/aromatic N) is 4. The van der Waals surface area contributed by atoms with Crippen LogP contribution in [0, 0.1) is 6.92 Å². The molecule has 8 nitrogen and oxygen atoms in total. The first kappa shape index (κ1) is 22.3. The number of esters is 1. The van der Waals surface area contributed by atoms with E-state index >= 15 is 0 Å². The number of carbonyl (C=O) groups is 1. The van der Waals surface area contributed by atoms with Crippen LogP contribution in [0.15, 0.2) is 71.9 Å². The van der Waals surface area contributed by atoms with Crippen LogP contribution in [-0.2, 0) is 18.2 Å². The highest BCUT2D eigenvalue weighted by atomic mass is 16.5. The van der Waals surface area contributed by atoms with E-state index in [9.17, 15) is 9.59 Å². The first-order valence-electron chi connectivity index (χ1n) is 11.3. The minimum absolute atomic E-state index is 0.0841. The van der Waals surface area contributed by atoms with Crippen LogP contribution >= 0.6 is 0 Å². The maximum absolute atomic E-state index is 13.4. The third-order valence-electron chi connectivity index (χ3n) is 6.12. The third kappa shape index (κ3) is 3.93. The molecule has 0 saturated heterocycles. The van der Waals surface area contributed by atoms with Gasteiger partial charge >= 0.3 is 5.97 Å². The highest BCUT2D eigenvalue weighted by Gasteiger charge is 2.18. The molecule has 0 spiro atoms. The van der Waals surface area contributed by atoms with E-state index in [1.54, 1.807) is 36.3 Å². The van der Waals surface area contributed by atoms with Gasteiger partial charge in [0.25, 0.3) is 5.56 Å². The fraction of sp³-hybridized carbons (Fsp3) is 0.185. The lowest BCUT2D eigenvalue weighted by molar-refractivity contribution is 0.0602. The molecule has 3 heterocycles. The number of pyridine rings is 1. The second-order valence-electron chi connectivity index (χ2n) is 8.40. The Morgan fingerprint density at radius 1 is 1.09 bits per heavy atom. The van der Waals surface area contributed by atoms with Crippen molar-refractivity contribution < 1.29 is 9.53 Å². The van der Waals surface area contributed by atoms with E-state index in [0.29, 0.717) is 46.6 Å². The molecule has 0 amide bonds. The molecule has 0 aliphatic heterocycles. The predicted molar refractivity (Wildman–Crippen MR) is 136 cm³/mol. The lowest BCUT2D eigenvalue weighted by Gasteiger charge is -2.15. The summed E-state index contributed by atoms with van der Waals surface area (Å²) < 4.78 is 8.50. The smallest absolute Gasteiger partial charge is 0.339 e. The number of anilines is 1. The number of para-hydroxylation sites is 1. The predicted octanol–water partition coefficient (Wildman–Crippen LogP) is 4.00. The summed E-state index contributed by atoms with van der Waals surface area (Å²) in [6.07, 6.45) is 4.10. The summed E-state index contributed by atoms with van der Waals surface area (Å²) in [6, 6.07) is 16.9. The highest BCUT2D eigenvalue weighted by molar-refractivity contribution is 5.95. The molecule has 0 fully saturated rings. The summed E-state index contributed by atoms with van der Waals surface area (Å²) in [7, 11) is 3.13. The van der Waals surface area contributed by atoms with Crippen molar-refractivity contribution in [1.82, 2.24) is 18.9 Å². The number of hydrogen-bond donors (Lipinski definition) is 1. The average Bonchev–Trinajstić information content (AvgIpc) is 3.32. The van der Waals surface area contributed by atoms with Crippen LogP contribution in [0.3, 0.4) is 0 Å². The van der Waals surface area contributed by atoms with E-state index in [4.69, 9.17) is 4.74 Å². The highest BCUT2D eigenvalue weighted by Crippen LogP contribution is 2.26. The lowest BCUT2D eigenvalue weighted by Crippen LogP contribution is -2.21. The number of hydrogen-bond acceptors (Lipinski definition) is 6. The van der Waals surface area contributed by atoms with Gasteiger partial charge in [0.1, 0.15) is 17.7 Å². The van der Waals surface area contributed by atoms with Crippen LogP contribution in [0.4, 0.5) is 5.69 Å². The Balaban J connectivity index is 1.59. The molecule has 0 aliphatic rings. The van der Waals surface area contributed by atoms with Crippen LogP contribution in [-0.4, -0.2) is 38.6 Å². The van der Waals surface area contributed by atoms with Gasteiger partial charge in [-0.3, -0.25) is 18.7 Å². The summed E-state index contributed by atoms with van der Waals surface area (Å²) in [5.74, 6) is -0.389. The fourth-order valence-electron chi connectivity index (χ4n) is 4.54. The van der Waals surface area contributed by atoms with Crippen molar-refractivity contribution in [1.29, 1.82) is 0 Å². The number of imidazole rings is 1. The second kappa shape index (κ2) is 9.06. The van der Waals surface area contributed by atoms with Crippen molar-refractivity contribution >= 4 is 28.2 Å². The first-order chi connectivity index (χ1) is 17.0. The van der Waals surface area contributed by atoms with E-state index in [0.717, 1.165) is 16.6 Å². The molecule has 5 rings (SSSR count). The second-order valence-corrected chi connectivity index (χ2v) is 8.40. The number of aromatic nitrogens is 4. The number of benzene rings is 2. The Morgan fingerprint density at radius 3 is 2.66 bits per heavy atom. The molecule has 0 atom stereocenters. The van der Waals surface area contributed by atoms with Crippen molar-refractivity contribution in [2.45, 2.75) is 13.3 Å². The van der Waals surface area contributed by atoms with Crippen molar-refractivity contribution in [3.05, 3.63) is 94.2 Å². The van der Waals surface area contributed by atoms with Gasteiger partial charge in [-0.25, -0.2) is 9.78 Å². The van der Waals surface area contributed by atoms with Crippen LogP contribution in [0.1, 0.15) is 21.5 Å². The SMILES string of the molecule is COC(=O)c1ccccc1NCCc1cc(C)cc2c(=O)n(C)c3c(-c4ccccn4)ncn3c12. The summed E-state index contributed by atoms with van der Waals surface area (Å²) in [6.45, 7) is 2.55. The van der Waals surface area contributed by atoms with Crippen LogP contribution in [0.5, 0.6) is 0 Å². The quantitative estimate of drug-likeness (QED) is 0.380.